The molecule has 1 saturated heterocycles. The highest BCUT2D eigenvalue weighted by Crippen LogP contribution is 2.28. The molecule has 2 aromatic rings. The Balaban J connectivity index is 0.00000137. The molecule has 1 fully saturated rings. The smallest absolute Gasteiger partial charge is 0.350 e. The Labute approximate surface area is 659 Å². The minimum Gasteiger partial charge on any atom is -0.476 e. The molecule has 110 heavy (non-hydrogen) atoms. The highest BCUT2D eigenvalue weighted by Gasteiger charge is 2.46. The van der Waals surface area contributed by atoms with Gasteiger partial charge < -0.3 is 70.1 Å². The molecule has 1 aliphatic rings. The predicted molar refractivity (Wildman–Crippen MR) is 426 cm³/mol. The van der Waals surface area contributed by atoms with E-state index in [9.17, 15) is 57.8 Å². The van der Waals surface area contributed by atoms with Crippen LogP contribution in [0.2, 0.25) is 5.02 Å². The lowest BCUT2D eigenvalue weighted by Crippen LogP contribution is -2.63. The SMILES string of the molecule is CC(C)OC(=O)C(C)(C)Oc1ccc(C(=O)c2ccc(Cl)cc2)cc1.CC=CCC(C)C(O)C1C(=O)NC(CC)C(=O)N(C)CC(=O)N(C)C(CC(C)C)C(=O)NC(C(C)C)C(=O)N(C)C(CC(C)C)C(=O)NC(C)C(=O)NC(C)C(=O)N(C)C(CC(C)C)C(=O)N(C)C(CC(C)C)C(=O)N(C)C(C(C)C)C(=O)N1C. The monoisotopic (exact) mass is 1560 g/mol. The third-order valence-corrected chi connectivity index (χ3v) is 19.8. The number of allylic oxidation sites excluding steroid dienone is 2. The summed E-state index contributed by atoms with van der Waals surface area (Å²) in [6, 6.07) is 1.03. The molecule has 12 unspecified atom stereocenters. The zero-order valence-electron chi connectivity index (χ0n) is 70.8. The summed E-state index contributed by atoms with van der Waals surface area (Å²) in [5.74, 6) is -9.77. The lowest BCUT2D eigenvalue weighted by Gasteiger charge is -2.41. The fraction of sp³-hybridized carbons (Fsp3) is 0.671. The molecule has 0 bridgehead atoms. The minimum absolute atomic E-state index is 0.0229. The maximum absolute atomic E-state index is 15.1. The molecule has 1 aliphatic heterocycles. The number of amides is 11. The quantitative estimate of drug-likeness (QED) is 0.0450. The summed E-state index contributed by atoms with van der Waals surface area (Å²) >= 11 is 5.84. The number of aliphatic hydroxyl groups is 1. The van der Waals surface area contributed by atoms with E-state index in [2.05, 4.69) is 21.3 Å². The molecular weight excluding hydrogens is 1430 g/mol. The van der Waals surface area contributed by atoms with Crippen molar-refractivity contribution in [1.82, 2.24) is 55.6 Å². The normalized spacial score (nSPS) is 23.4. The molecule has 0 saturated carbocycles. The van der Waals surface area contributed by atoms with E-state index < -0.39 is 167 Å². The predicted octanol–water partition coefficient (Wildman–Crippen LogP) is 7.95. The molecule has 5 N–H and O–H groups in total. The number of esters is 1. The molecule has 618 valence electrons. The van der Waals surface area contributed by atoms with Gasteiger partial charge in [-0.3, -0.25) is 57.5 Å². The van der Waals surface area contributed by atoms with E-state index >= 15 is 9.59 Å². The summed E-state index contributed by atoms with van der Waals surface area (Å²) in [6.07, 6.45) is 2.83. The van der Waals surface area contributed by atoms with Crippen LogP contribution in [0.15, 0.2) is 60.7 Å². The van der Waals surface area contributed by atoms with Gasteiger partial charge in [-0.1, -0.05) is 121 Å². The first kappa shape index (κ1) is 97.6. The van der Waals surface area contributed by atoms with E-state index in [-0.39, 0.29) is 67.7 Å². The molecule has 1 heterocycles. The average molecular weight is 1560 g/mol. The van der Waals surface area contributed by atoms with Crippen LogP contribution in [0.4, 0.5) is 0 Å². The number of likely N-dealkylation sites (N-methyl/N-ethyl adjacent to an activating group) is 7. The molecule has 0 aromatic heterocycles. The molecule has 0 spiro atoms. The largest absolute Gasteiger partial charge is 0.476 e. The lowest BCUT2D eigenvalue weighted by atomic mass is 9.91. The van der Waals surface area contributed by atoms with E-state index in [1.165, 1.54) is 87.7 Å². The number of carbonyl (C=O) groups excluding carboxylic acids is 13. The zero-order chi connectivity index (χ0) is 84.6. The van der Waals surface area contributed by atoms with Crippen LogP contribution in [0.3, 0.4) is 0 Å². The van der Waals surface area contributed by atoms with Gasteiger partial charge in [-0.05, 0) is 177 Å². The second-order valence-electron chi connectivity index (χ2n) is 32.5. The van der Waals surface area contributed by atoms with Crippen molar-refractivity contribution in [3.63, 3.8) is 0 Å². The van der Waals surface area contributed by atoms with Crippen molar-refractivity contribution in [1.29, 1.82) is 0 Å². The molecular formula is C82H132ClN11O16. The van der Waals surface area contributed by atoms with Gasteiger partial charge in [0.25, 0.3) is 0 Å². The topological polar surface area (TPSA) is 331 Å². The summed E-state index contributed by atoms with van der Waals surface area (Å²) in [5.41, 5.74) is -0.0393. The van der Waals surface area contributed by atoms with Crippen molar-refractivity contribution in [3.8, 4) is 5.75 Å². The third kappa shape index (κ3) is 28.4. The maximum Gasteiger partial charge on any atom is 0.350 e. The number of nitrogens with zero attached hydrogens (tertiary/aromatic N) is 7. The second-order valence-corrected chi connectivity index (χ2v) is 33.0. The van der Waals surface area contributed by atoms with E-state index in [1.54, 1.807) is 131 Å². The Kier molecular flexibility index (Phi) is 39.5. The van der Waals surface area contributed by atoms with Crippen LogP contribution in [0.5, 0.6) is 5.75 Å². The molecule has 11 amide bonds. The molecule has 12 atom stereocenters. The summed E-state index contributed by atoms with van der Waals surface area (Å²) < 4.78 is 10.9. The molecule has 2 aromatic carbocycles. The van der Waals surface area contributed by atoms with Gasteiger partial charge in [0.1, 0.15) is 66.2 Å². The Bertz CT molecular complexity index is 3470. The fourth-order valence-corrected chi connectivity index (χ4v) is 12.9. The van der Waals surface area contributed by atoms with Crippen molar-refractivity contribution in [3.05, 3.63) is 76.8 Å². The molecule has 0 aliphatic carbocycles. The van der Waals surface area contributed by atoms with Gasteiger partial charge in [0.2, 0.25) is 65.0 Å². The Morgan fingerprint density at radius 3 is 1.40 bits per heavy atom. The van der Waals surface area contributed by atoms with Gasteiger partial charge in [-0.2, -0.15) is 0 Å². The van der Waals surface area contributed by atoms with Crippen LogP contribution in [-0.2, 0) is 62.3 Å². The highest BCUT2D eigenvalue weighted by atomic mass is 35.5. The van der Waals surface area contributed by atoms with Crippen molar-refractivity contribution < 1.29 is 76.9 Å². The van der Waals surface area contributed by atoms with Crippen LogP contribution in [0.1, 0.15) is 200 Å². The van der Waals surface area contributed by atoms with Crippen molar-refractivity contribution in [2.45, 2.75) is 262 Å². The van der Waals surface area contributed by atoms with Crippen LogP contribution in [0, 0.1) is 41.4 Å². The molecule has 0 radical (unpaired) electrons. The summed E-state index contributed by atoms with van der Waals surface area (Å²) in [7, 11) is 9.92. The van der Waals surface area contributed by atoms with E-state index in [0.29, 0.717) is 28.3 Å². The van der Waals surface area contributed by atoms with Gasteiger partial charge in [0.15, 0.2) is 11.4 Å². The number of carbonyl (C=O) groups is 13. The fourth-order valence-electron chi connectivity index (χ4n) is 12.8. The first-order valence-corrected chi connectivity index (χ1v) is 38.9. The van der Waals surface area contributed by atoms with Gasteiger partial charge in [-0.15, -0.1) is 0 Å². The number of rotatable bonds is 21. The average Bonchev–Trinajstić information content (AvgIpc) is 0.816. The molecule has 28 heteroatoms. The van der Waals surface area contributed by atoms with Gasteiger partial charge >= 0.3 is 5.97 Å². The van der Waals surface area contributed by atoms with Gasteiger partial charge in [-0.25, -0.2) is 4.79 Å². The van der Waals surface area contributed by atoms with E-state index in [1.807, 2.05) is 61.5 Å². The number of halogens is 1. The zero-order valence-corrected chi connectivity index (χ0v) is 71.5. The summed E-state index contributed by atoms with van der Waals surface area (Å²) in [5, 5.41) is 23.6. The van der Waals surface area contributed by atoms with Crippen LogP contribution in [-0.4, -0.2) is 250 Å². The first-order valence-electron chi connectivity index (χ1n) is 38.6. The van der Waals surface area contributed by atoms with Crippen molar-refractivity contribution in [2.75, 3.05) is 55.9 Å². The van der Waals surface area contributed by atoms with E-state index in [0.717, 1.165) is 9.80 Å². The van der Waals surface area contributed by atoms with Gasteiger partial charge in [0, 0.05) is 65.5 Å². The van der Waals surface area contributed by atoms with E-state index in [4.69, 9.17) is 21.1 Å². The van der Waals surface area contributed by atoms with Crippen LogP contribution < -0.4 is 26.0 Å². The number of hydrogen-bond donors (Lipinski definition) is 5. The molecule has 27 nitrogen and oxygen atoms in total. The summed E-state index contributed by atoms with van der Waals surface area (Å²) in [4.78, 5) is 193. The minimum atomic E-state index is -1.61. The third-order valence-electron chi connectivity index (χ3n) is 19.5. The Morgan fingerprint density at radius 1 is 0.518 bits per heavy atom. The highest BCUT2D eigenvalue weighted by molar-refractivity contribution is 6.30. The van der Waals surface area contributed by atoms with Crippen molar-refractivity contribution >= 4 is 88.3 Å². The number of ether oxygens (including phenoxy) is 2. The number of aliphatic hydroxyl groups excluding tert-OH is 1. The second kappa shape index (κ2) is 44.5. The number of nitrogens with one attached hydrogen (secondary N) is 4. The van der Waals surface area contributed by atoms with Crippen molar-refractivity contribution in [2.24, 2.45) is 41.4 Å². The Hall–Kier alpha value is -8.46. The van der Waals surface area contributed by atoms with Gasteiger partial charge in [0.05, 0.1) is 18.8 Å². The number of ketones is 1. The standard InChI is InChI=1S/C62H111N11O12.C20H21ClO4/c1-25-27-28-40(15)52(75)51-56(79)65-43(26-2)58(81)67(18)33-48(74)68(19)44(29-34(3)4)55(78)66-49(38(11)12)61(84)69(20)45(30-35(5)6)54(77)63-41(16)53(76)64-42(17)57(80)70(21)46(31-36(7)8)59(82)71(22)47(32-37(9)10)60(83)72(23)50(39(13)14)62(85)73(51)24;1-13(2)24-19(23)20(3,4)25-17-11-7-15(8-12-17)18(22)14-5-9-16(21)10-6-14/h25,27,34-47,49-52,75H,26,28-33H2,1-24H3,(H,63,77)(H,64,76)(H,65,79)(H,66,78);5-13H,1-4H3. The number of hydrogen-bond acceptors (Lipinski definition) is 16. The lowest BCUT2D eigenvalue weighted by molar-refractivity contribution is -0.163. The van der Waals surface area contributed by atoms with Crippen LogP contribution in [0.25, 0.3) is 0 Å². The number of benzene rings is 2. The summed E-state index contributed by atoms with van der Waals surface area (Å²) in [6.45, 7) is 36.2. The van der Waals surface area contributed by atoms with Crippen LogP contribution >= 0.6 is 11.6 Å². The first-order chi connectivity index (χ1) is 50.9. The molecule has 3 rings (SSSR count). The maximum atomic E-state index is 15.1. The Morgan fingerprint density at radius 2 is 0.945 bits per heavy atom.